The molecule has 0 fully saturated rings. The van der Waals surface area contributed by atoms with Crippen LogP contribution in [0.2, 0.25) is 0 Å². The molecule has 0 saturated carbocycles. The van der Waals surface area contributed by atoms with Crippen LogP contribution in [0.3, 0.4) is 0 Å². The number of primary amides is 1. The number of nitrogens with zero attached hydrogens (tertiary/aromatic N) is 3. The van der Waals surface area contributed by atoms with Gasteiger partial charge in [-0.2, -0.15) is 13.2 Å². The summed E-state index contributed by atoms with van der Waals surface area (Å²) in [5.41, 5.74) is 0.334. The molecule has 0 saturated heterocycles. The van der Waals surface area contributed by atoms with Gasteiger partial charge in [0, 0.05) is 34.5 Å². The van der Waals surface area contributed by atoms with Crippen LogP contribution in [-0.2, 0) is 15.8 Å². The number of alkyl halides is 3. The molecule has 16 heteroatoms. The molecule has 2 aromatic carbocycles. The largest absolute Gasteiger partial charge is 0.489 e. The summed E-state index contributed by atoms with van der Waals surface area (Å²) in [4.78, 5) is 51.2. The molecule has 4 heterocycles. The number of fused-ring (bicyclic) bond motifs is 2. The van der Waals surface area contributed by atoms with Crippen LogP contribution in [0.5, 0.6) is 5.75 Å². The van der Waals surface area contributed by atoms with E-state index in [1.54, 1.807) is 25.1 Å². The van der Waals surface area contributed by atoms with E-state index >= 15 is 0 Å². The van der Waals surface area contributed by atoms with Gasteiger partial charge in [-0.3, -0.25) is 19.6 Å². The summed E-state index contributed by atoms with van der Waals surface area (Å²) in [7, 11) is 0. The van der Waals surface area contributed by atoms with Gasteiger partial charge in [0.1, 0.15) is 29.3 Å². The average Bonchev–Trinajstić information content (AvgIpc) is 3.44. The minimum absolute atomic E-state index is 0.0621. The first-order chi connectivity index (χ1) is 24.1. The molecule has 2 atom stereocenters. The van der Waals surface area contributed by atoms with E-state index in [9.17, 15) is 37.1 Å². The van der Waals surface area contributed by atoms with E-state index in [-0.39, 0.29) is 40.4 Å². The molecule has 12 nitrogen and oxygen atoms in total. The Morgan fingerprint density at radius 3 is 2.45 bits per heavy atom. The van der Waals surface area contributed by atoms with Crippen molar-refractivity contribution in [2.75, 3.05) is 23.8 Å². The molecule has 6 N–H and O–H groups in total. The van der Waals surface area contributed by atoms with Gasteiger partial charge < -0.3 is 31.5 Å². The van der Waals surface area contributed by atoms with Crippen molar-refractivity contribution in [3.8, 4) is 17.0 Å². The van der Waals surface area contributed by atoms with Crippen molar-refractivity contribution < 1.29 is 41.8 Å². The van der Waals surface area contributed by atoms with E-state index in [1.807, 2.05) is 0 Å². The fraction of sp³-hybridized carbons (Fsp3) is 0.200. The van der Waals surface area contributed by atoms with Crippen molar-refractivity contribution in [1.29, 1.82) is 0 Å². The minimum atomic E-state index is -5.42. The molecule has 1 aliphatic rings. The van der Waals surface area contributed by atoms with Crippen molar-refractivity contribution in [3.63, 3.8) is 0 Å². The number of aromatic nitrogens is 3. The number of hydrogen-bond acceptors (Lipinski definition) is 8. The Hall–Kier alpha value is -6.16. The Morgan fingerprint density at radius 1 is 1.04 bits per heavy atom. The van der Waals surface area contributed by atoms with Gasteiger partial charge in [-0.25, -0.2) is 14.2 Å². The van der Waals surface area contributed by atoms with E-state index in [0.29, 0.717) is 22.2 Å². The first-order valence-corrected chi connectivity index (χ1v) is 15.3. The SMILES string of the molecule is Cc1cnc2c(NC(=O)Nc3cccnc3)cc(C(=O)NC[C@](O)(c3cc4c(c(-c5ccc(F)cc5)n3)OC[C@]4(C)C(N)=O)C(F)(F)F)cc2c1. The lowest BCUT2D eigenvalue weighted by Crippen LogP contribution is -2.51. The molecular formula is C35H29F4N7O5. The summed E-state index contributed by atoms with van der Waals surface area (Å²) in [5.74, 6) is -2.64. The summed E-state index contributed by atoms with van der Waals surface area (Å²) in [6.45, 7) is 1.35. The number of pyridine rings is 3. The number of ether oxygens (including phenoxy) is 1. The predicted molar refractivity (Wildman–Crippen MR) is 177 cm³/mol. The number of anilines is 2. The molecule has 51 heavy (non-hydrogen) atoms. The van der Waals surface area contributed by atoms with Gasteiger partial charge in [-0.15, -0.1) is 0 Å². The molecular weight excluding hydrogens is 674 g/mol. The minimum Gasteiger partial charge on any atom is -0.489 e. The summed E-state index contributed by atoms with van der Waals surface area (Å²) < 4.78 is 64.1. The maximum absolute atomic E-state index is 14.9. The maximum Gasteiger partial charge on any atom is 0.424 e. The normalized spacial score (nSPS) is 16.5. The van der Waals surface area contributed by atoms with Gasteiger partial charge in [-0.05, 0) is 80.1 Å². The third kappa shape index (κ3) is 6.60. The third-order valence-corrected chi connectivity index (χ3v) is 8.48. The van der Waals surface area contributed by atoms with Crippen LogP contribution in [0.1, 0.15) is 34.1 Å². The number of halogens is 4. The molecule has 0 unspecified atom stereocenters. The quantitative estimate of drug-likeness (QED) is 0.138. The lowest BCUT2D eigenvalue weighted by Gasteiger charge is -2.31. The topological polar surface area (TPSA) is 181 Å². The number of rotatable bonds is 8. The number of nitrogens with two attached hydrogens (primary N) is 1. The highest BCUT2D eigenvalue weighted by molar-refractivity contribution is 6.08. The number of hydrogen-bond donors (Lipinski definition) is 5. The zero-order chi connectivity index (χ0) is 36.7. The van der Waals surface area contributed by atoms with E-state index in [4.69, 9.17) is 10.5 Å². The standard InChI is InChI=1S/C35H29F4N7O5/c1-18-10-20-11-21(12-25(27(20)42-14-18)45-32(49)44-23-4-3-9-41-15-23)30(47)43-16-34(50,35(37,38)39)26-13-24-29(51-17-33(24,2)31(40)48)28(46-26)19-5-7-22(36)8-6-19/h3-15,50H,16-17H2,1-2H3,(H2,40,48)(H,43,47)(H2,44,45,49)/t33-,34-/m0/s1. The molecule has 0 bridgehead atoms. The van der Waals surface area contributed by atoms with Crippen molar-refractivity contribution in [1.82, 2.24) is 20.3 Å². The number of aliphatic hydroxyl groups is 1. The highest BCUT2D eigenvalue weighted by Gasteiger charge is 2.57. The van der Waals surface area contributed by atoms with Gasteiger partial charge in [0.15, 0.2) is 0 Å². The number of urea groups is 1. The predicted octanol–water partition coefficient (Wildman–Crippen LogP) is 5.10. The summed E-state index contributed by atoms with van der Waals surface area (Å²) in [6, 6.07) is 12.2. The third-order valence-electron chi connectivity index (χ3n) is 8.48. The second kappa shape index (κ2) is 12.9. The Morgan fingerprint density at radius 2 is 1.78 bits per heavy atom. The molecule has 6 rings (SSSR count). The Bertz CT molecular complexity index is 2180. The second-order valence-corrected chi connectivity index (χ2v) is 12.2. The number of benzene rings is 2. The summed E-state index contributed by atoms with van der Waals surface area (Å²) >= 11 is 0. The van der Waals surface area contributed by atoms with E-state index in [0.717, 1.165) is 18.2 Å². The van der Waals surface area contributed by atoms with Crippen LogP contribution in [0.25, 0.3) is 22.2 Å². The van der Waals surface area contributed by atoms with Gasteiger partial charge in [-0.1, -0.05) is 0 Å². The fourth-order valence-electron chi connectivity index (χ4n) is 5.56. The van der Waals surface area contributed by atoms with Gasteiger partial charge in [0.2, 0.25) is 11.5 Å². The van der Waals surface area contributed by atoms with Crippen molar-refractivity contribution in [2.45, 2.75) is 31.0 Å². The van der Waals surface area contributed by atoms with Gasteiger partial charge >= 0.3 is 12.2 Å². The van der Waals surface area contributed by atoms with E-state index in [2.05, 4.69) is 30.9 Å². The lowest BCUT2D eigenvalue weighted by molar-refractivity contribution is -0.265. The Labute approximate surface area is 287 Å². The van der Waals surface area contributed by atoms with Crippen molar-refractivity contribution in [2.24, 2.45) is 5.73 Å². The number of amides is 4. The molecule has 3 aromatic heterocycles. The molecule has 1 aliphatic heterocycles. The highest BCUT2D eigenvalue weighted by atomic mass is 19.4. The number of carbonyl (C=O) groups is 3. The van der Waals surface area contributed by atoms with Gasteiger partial charge in [0.05, 0.1) is 35.3 Å². The van der Waals surface area contributed by atoms with Crippen molar-refractivity contribution in [3.05, 3.63) is 107 Å². The zero-order valence-electron chi connectivity index (χ0n) is 26.9. The molecule has 5 aromatic rings. The average molecular weight is 704 g/mol. The molecule has 0 spiro atoms. The van der Waals surface area contributed by atoms with Crippen LogP contribution >= 0.6 is 0 Å². The number of aryl methyl sites for hydroxylation is 1. The zero-order valence-corrected chi connectivity index (χ0v) is 26.9. The van der Waals surface area contributed by atoms with Crippen LogP contribution in [0.4, 0.5) is 33.7 Å². The van der Waals surface area contributed by atoms with Crippen LogP contribution < -0.4 is 26.4 Å². The Kier molecular flexibility index (Phi) is 8.81. The van der Waals surface area contributed by atoms with E-state index in [1.165, 1.54) is 49.8 Å². The summed E-state index contributed by atoms with van der Waals surface area (Å²) in [6.07, 6.45) is -0.966. The molecule has 0 aliphatic carbocycles. The molecule has 4 amide bonds. The van der Waals surface area contributed by atoms with E-state index < -0.39 is 53.1 Å². The Balaban J connectivity index is 1.37. The monoisotopic (exact) mass is 703 g/mol. The van der Waals surface area contributed by atoms with Crippen LogP contribution in [0, 0.1) is 12.7 Å². The van der Waals surface area contributed by atoms with Gasteiger partial charge in [0.25, 0.3) is 5.91 Å². The fourth-order valence-corrected chi connectivity index (χ4v) is 5.56. The molecule has 0 radical (unpaired) electrons. The van der Waals surface area contributed by atoms with Crippen molar-refractivity contribution >= 4 is 40.1 Å². The first-order valence-electron chi connectivity index (χ1n) is 15.3. The highest BCUT2D eigenvalue weighted by Crippen LogP contribution is 2.47. The first kappa shape index (κ1) is 34.7. The number of nitrogens with one attached hydrogen (secondary N) is 3. The summed E-state index contributed by atoms with van der Waals surface area (Å²) in [5, 5.41) is 19.1. The molecule has 262 valence electrons. The van der Waals surface area contributed by atoms with Crippen LogP contribution in [-0.4, -0.2) is 57.2 Å². The smallest absolute Gasteiger partial charge is 0.424 e. The van der Waals surface area contributed by atoms with Crippen LogP contribution in [0.15, 0.2) is 79.3 Å². The number of carbonyl (C=O) groups excluding carboxylic acids is 3. The second-order valence-electron chi connectivity index (χ2n) is 12.2. The lowest BCUT2D eigenvalue weighted by atomic mass is 9.81. The maximum atomic E-state index is 14.9.